The molecule has 0 unspecified atom stereocenters. The van der Waals surface area contributed by atoms with E-state index in [-0.39, 0.29) is 36.4 Å². The first kappa shape index (κ1) is 17.6. The van der Waals surface area contributed by atoms with Crippen molar-refractivity contribution in [1.82, 2.24) is 0 Å². The van der Waals surface area contributed by atoms with Gasteiger partial charge in [-0.1, -0.05) is 11.6 Å². The second-order valence-electron chi connectivity index (χ2n) is 5.92. The van der Waals surface area contributed by atoms with E-state index in [2.05, 4.69) is 10.6 Å². The average Bonchev–Trinajstić information content (AvgIpc) is 3.36. The number of halogens is 1. The maximum absolute atomic E-state index is 12.0. The summed E-state index contributed by atoms with van der Waals surface area (Å²) in [4.78, 5) is 36.2. The van der Waals surface area contributed by atoms with Crippen LogP contribution in [-0.4, -0.2) is 17.6 Å². The van der Waals surface area contributed by atoms with Crippen molar-refractivity contribution in [3.05, 3.63) is 45.6 Å². The zero-order chi connectivity index (χ0) is 17.8. The van der Waals surface area contributed by atoms with Crippen LogP contribution in [0, 0.1) is 5.92 Å². The van der Waals surface area contributed by atoms with Gasteiger partial charge in [0.05, 0.1) is 9.21 Å². The van der Waals surface area contributed by atoms with Gasteiger partial charge in [-0.05, 0) is 49.2 Å². The second kappa shape index (κ2) is 7.80. The number of nitrogens with one attached hydrogen (secondary N) is 2. The largest absolute Gasteiger partial charge is 0.326 e. The van der Waals surface area contributed by atoms with E-state index < -0.39 is 0 Å². The summed E-state index contributed by atoms with van der Waals surface area (Å²) in [6.07, 6.45) is 2.15. The molecule has 0 saturated heterocycles. The molecule has 1 saturated carbocycles. The predicted molar refractivity (Wildman–Crippen MR) is 99.3 cm³/mol. The van der Waals surface area contributed by atoms with E-state index in [1.54, 1.807) is 36.4 Å². The summed E-state index contributed by atoms with van der Waals surface area (Å²) in [7, 11) is 0. The molecule has 7 heteroatoms. The Morgan fingerprint density at radius 3 is 2.16 bits per heavy atom. The maximum atomic E-state index is 12.0. The molecule has 3 rings (SSSR count). The van der Waals surface area contributed by atoms with Gasteiger partial charge in [-0.2, -0.15) is 0 Å². The summed E-state index contributed by atoms with van der Waals surface area (Å²) in [5.74, 6) is -0.130. The number of benzene rings is 1. The van der Waals surface area contributed by atoms with Gasteiger partial charge >= 0.3 is 0 Å². The number of carbonyl (C=O) groups excluding carboxylic acids is 3. The minimum Gasteiger partial charge on any atom is -0.326 e. The fourth-order valence-corrected chi connectivity index (χ4v) is 3.28. The van der Waals surface area contributed by atoms with Gasteiger partial charge in [-0.3, -0.25) is 14.4 Å². The van der Waals surface area contributed by atoms with Crippen molar-refractivity contribution >= 4 is 51.9 Å². The van der Waals surface area contributed by atoms with Crippen LogP contribution < -0.4 is 10.6 Å². The summed E-state index contributed by atoms with van der Waals surface area (Å²) in [6, 6.07) is 10.3. The molecule has 1 aliphatic rings. The smallest absolute Gasteiger partial charge is 0.227 e. The first-order valence-electron chi connectivity index (χ1n) is 8.00. The van der Waals surface area contributed by atoms with E-state index in [0.29, 0.717) is 20.6 Å². The van der Waals surface area contributed by atoms with Crippen LogP contribution in [0.15, 0.2) is 36.4 Å². The highest BCUT2D eigenvalue weighted by Crippen LogP contribution is 2.30. The molecular formula is C18H17ClN2O3S. The Balaban J connectivity index is 1.45. The first-order chi connectivity index (χ1) is 12.0. The molecule has 0 atom stereocenters. The molecule has 25 heavy (non-hydrogen) atoms. The molecule has 0 spiro atoms. The lowest BCUT2D eigenvalue weighted by Gasteiger charge is -2.07. The molecule has 1 aromatic carbocycles. The van der Waals surface area contributed by atoms with Gasteiger partial charge in [0, 0.05) is 30.1 Å². The third kappa shape index (κ3) is 5.14. The summed E-state index contributed by atoms with van der Waals surface area (Å²) >= 11 is 7.01. The lowest BCUT2D eigenvalue weighted by Crippen LogP contribution is -2.14. The van der Waals surface area contributed by atoms with Crippen LogP contribution in [0.25, 0.3) is 0 Å². The topological polar surface area (TPSA) is 75.3 Å². The molecule has 2 amide bonds. The van der Waals surface area contributed by atoms with Gasteiger partial charge in [0.15, 0.2) is 5.78 Å². The fourth-order valence-electron chi connectivity index (χ4n) is 2.26. The predicted octanol–water partition coefficient (Wildman–Crippen LogP) is 4.35. The van der Waals surface area contributed by atoms with Crippen LogP contribution in [0.2, 0.25) is 4.34 Å². The molecule has 5 nitrogen and oxygen atoms in total. The van der Waals surface area contributed by atoms with Crippen LogP contribution in [0.5, 0.6) is 0 Å². The highest BCUT2D eigenvalue weighted by molar-refractivity contribution is 7.18. The maximum Gasteiger partial charge on any atom is 0.227 e. The third-order valence-electron chi connectivity index (χ3n) is 3.81. The van der Waals surface area contributed by atoms with Crippen LogP contribution in [-0.2, 0) is 9.59 Å². The van der Waals surface area contributed by atoms with Gasteiger partial charge in [0.2, 0.25) is 11.8 Å². The van der Waals surface area contributed by atoms with Gasteiger partial charge < -0.3 is 10.6 Å². The standard InChI is InChI=1S/C18H17ClN2O3S/c19-16-9-8-15(25-16)14(22)7-10-17(23)20-12-3-5-13(6-4-12)21-18(24)11-1-2-11/h3-6,8-9,11H,1-2,7,10H2,(H,20,23)(H,21,24). The third-order valence-corrected chi connectivity index (χ3v) is 5.08. The monoisotopic (exact) mass is 376 g/mol. The van der Waals surface area contributed by atoms with Crippen LogP contribution in [0.3, 0.4) is 0 Å². The van der Waals surface area contributed by atoms with Crippen molar-refractivity contribution in [2.75, 3.05) is 10.6 Å². The highest BCUT2D eigenvalue weighted by Gasteiger charge is 2.29. The van der Waals surface area contributed by atoms with E-state index in [1.165, 1.54) is 11.3 Å². The van der Waals surface area contributed by atoms with Gasteiger partial charge in [-0.25, -0.2) is 0 Å². The fraction of sp³-hybridized carbons (Fsp3) is 0.278. The quantitative estimate of drug-likeness (QED) is 0.705. The molecule has 1 heterocycles. The Morgan fingerprint density at radius 1 is 0.960 bits per heavy atom. The molecule has 0 radical (unpaired) electrons. The molecule has 0 bridgehead atoms. The SMILES string of the molecule is O=C(CCC(=O)c1ccc(Cl)s1)Nc1ccc(NC(=O)C2CC2)cc1. The molecule has 0 aliphatic heterocycles. The van der Waals surface area contributed by atoms with Crippen LogP contribution in [0.4, 0.5) is 11.4 Å². The number of hydrogen-bond acceptors (Lipinski definition) is 4. The number of ketones is 1. The number of Topliss-reactive ketones (excluding diaryl/α,β-unsaturated/α-hetero) is 1. The van der Waals surface area contributed by atoms with Crippen molar-refractivity contribution in [3.63, 3.8) is 0 Å². The van der Waals surface area contributed by atoms with Crippen molar-refractivity contribution in [3.8, 4) is 0 Å². The summed E-state index contributed by atoms with van der Waals surface area (Å²) in [5.41, 5.74) is 1.33. The van der Waals surface area contributed by atoms with E-state index in [0.717, 1.165) is 12.8 Å². The Hall–Kier alpha value is -2.18. The Bertz CT molecular complexity index is 797. The lowest BCUT2D eigenvalue weighted by molar-refractivity contribution is -0.117. The Labute approximate surface area is 154 Å². The average molecular weight is 377 g/mol. The van der Waals surface area contributed by atoms with Crippen LogP contribution >= 0.6 is 22.9 Å². The van der Waals surface area contributed by atoms with Gasteiger partial charge in [0.25, 0.3) is 0 Å². The Morgan fingerprint density at radius 2 is 1.60 bits per heavy atom. The molecule has 1 aromatic heterocycles. The Kier molecular flexibility index (Phi) is 5.50. The van der Waals surface area contributed by atoms with E-state index >= 15 is 0 Å². The molecule has 1 aliphatic carbocycles. The number of rotatable bonds is 7. The zero-order valence-electron chi connectivity index (χ0n) is 13.4. The normalized spacial score (nSPS) is 13.3. The van der Waals surface area contributed by atoms with Crippen molar-refractivity contribution in [2.24, 2.45) is 5.92 Å². The molecule has 1 fully saturated rings. The van der Waals surface area contributed by atoms with Crippen molar-refractivity contribution < 1.29 is 14.4 Å². The number of carbonyl (C=O) groups is 3. The van der Waals surface area contributed by atoms with Crippen molar-refractivity contribution in [1.29, 1.82) is 0 Å². The van der Waals surface area contributed by atoms with E-state index in [9.17, 15) is 14.4 Å². The minimum absolute atomic E-state index is 0.0454. The van der Waals surface area contributed by atoms with E-state index in [1.807, 2.05) is 0 Å². The van der Waals surface area contributed by atoms with Crippen LogP contribution in [0.1, 0.15) is 35.4 Å². The number of anilines is 2. The minimum atomic E-state index is -0.231. The van der Waals surface area contributed by atoms with Crippen molar-refractivity contribution in [2.45, 2.75) is 25.7 Å². The molecule has 130 valence electrons. The molecular weight excluding hydrogens is 360 g/mol. The molecule has 2 aromatic rings. The number of hydrogen-bond donors (Lipinski definition) is 2. The summed E-state index contributed by atoms with van der Waals surface area (Å²) in [6.45, 7) is 0. The number of thiophene rings is 1. The zero-order valence-corrected chi connectivity index (χ0v) is 15.0. The molecule has 2 N–H and O–H groups in total. The highest BCUT2D eigenvalue weighted by atomic mass is 35.5. The second-order valence-corrected chi connectivity index (χ2v) is 7.63. The lowest BCUT2D eigenvalue weighted by atomic mass is 10.2. The summed E-state index contributed by atoms with van der Waals surface area (Å²) in [5, 5.41) is 5.58. The first-order valence-corrected chi connectivity index (χ1v) is 9.20. The van der Waals surface area contributed by atoms with Gasteiger partial charge in [0.1, 0.15) is 0 Å². The van der Waals surface area contributed by atoms with E-state index in [4.69, 9.17) is 11.6 Å². The summed E-state index contributed by atoms with van der Waals surface area (Å²) < 4.78 is 0.557. The van der Waals surface area contributed by atoms with Gasteiger partial charge in [-0.15, -0.1) is 11.3 Å². The number of amides is 2.